The molecule has 0 saturated carbocycles. The zero-order valence-corrected chi connectivity index (χ0v) is 27.7. The van der Waals surface area contributed by atoms with Crippen LogP contribution in [0.3, 0.4) is 0 Å². The summed E-state index contributed by atoms with van der Waals surface area (Å²) in [5, 5.41) is 16.4. The van der Waals surface area contributed by atoms with E-state index in [-0.39, 0.29) is 35.8 Å². The summed E-state index contributed by atoms with van der Waals surface area (Å²) in [7, 11) is 1.55. The number of thiazole rings is 1. The fourth-order valence-corrected chi connectivity index (χ4v) is 6.74. The summed E-state index contributed by atoms with van der Waals surface area (Å²) in [5.41, 5.74) is 2.89. The Kier molecular flexibility index (Phi) is 11.1. The highest BCUT2D eigenvalue weighted by atomic mass is 32.2. The Bertz CT molecular complexity index is 1480. The van der Waals surface area contributed by atoms with Crippen molar-refractivity contribution >= 4 is 46.0 Å². The SMILES string of the molecule is COc1cc(C)c(Sc2cnc(NC(=O)c3ccc(CN[C@H](CO)C(C)(C)C)cc3)s2)cc1C(=O)N1CCN(C(C)=O)CC1. The first-order chi connectivity index (χ1) is 20.9. The van der Waals surface area contributed by atoms with Crippen LogP contribution < -0.4 is 15.4 Å². The molecule has 3 aromatic rings. The standard InChI is InChI=1S/C32H41N5O5S2/c1-20-15-25(42-6)24(30(41)37-13-11-36(12-14-37)21(2)39)16-26(20)43-28-18-34-31(44-28)35-29(40)23-9-7-22(8-10-23)17-33-27(19-38)32(3,4)5/h7-10,15-16,18,27,33,38H,11-14,17,19H2,1-6H3,(H,34,35,40)/t27-/m1/s1. The van der Waals surface area contributed by atoms with Gasteiger partial charge >= 0.3 is 0 Å². The second kappa shape index (κ2) is 14.6. The molecule has 2 aromatic carbocycles. The first kappa shape index (κ1) is 33.4. The number of anilines is 1. The van der Waals surface area contributed by atoms with Crippen LogP contribution in [-0.4, -0.2) is 83.5 Å². The Balaban J connectivity index is 1.39. The largest absolute Gasteiger partial charge is 0.496 e. The third-order valence-corrected chi connectivity index (χ3v) is 9.83. The molecule has 1 aliphatic heterocycles. The van der Waals surface area contributed by atoms with E-state index in [4.69, 9.17) is 4.74 Å². The molecule has 4 rings (SSSR count). The fourth-order valence-electron chi connectivity index (χ4n) is 4.80. The van der Waals surface area contributed by atoms with Crippen LogP contribution in [0.25, 0.3) is 0 Å². The summed E-state index contributed by atoms with van der Waals surface area (Å²) in [6.45, 7) is 12.3. The Morgan fingerprint density at radius 1 is 1.09 bits per heavy atom. The number of nitrogens with one attached hydrogen (secondary N) is 2. The number of carbonyl (C=O) groups is 3. The molecule has 236 valence electrons. The molecule has 0 spiro atoms. The van der Waals surface area contributed by atoms with E-state index in [1.807, 2.05) is 31.2 Å². The molecule has 0 unspecified atom stereocenters. The summed E-state index contributed by atoms with van der Waals surface area (Å²) < 4.78 is 6.41. The second-order valence-electron chi connectivity index (χ2n) is 11.8. The molecule has 1 atom stereocenters. The van der Waals surface area contributed by atoms with Gasteiger partial charge in [-0.2, -0.15) is 0 Å². The Hall–Kier alpha value is -3.45. The molecule has 1 aliphatic rings. The number of hydrogen-bond donors (Lipinski definition) is 3. The first-order valence-electron chi connectivity index (χ1n) is 14.5. The monoisotopic (exact) mass is 639 g/mol. The number of aromatic nitrogens is 1. The van der Waals surface area contributed by atoms with Crippen molar-refractivity contribution < 1.29 is 24.2 Å². The molecule has 44 heavy (non-hydrogen) atoms. The molecule has 2 heterocycles. The quantitative estimate of drug-likeness (QED) is 0.293. The third kappa shape index (κ3) is 8.38. The van der Waals surface area contributed by atoms with Gasteiger partial charge in [0.15, 0.2) is 5.13 Å². The first-order valence-corrected chi connectivity index (χ1v) is 16.1. The van der Waals surface area contributed by atoms with E-state index in [0.717, 1.165) is 20.2 Å². The molecule has 3 amide bonds. The fraction of sp³-hybridized carbons (Fsp3) is 0.438. The van der Waals surface area contributed by atoms with E-state index in [1.54, 1.807) is 42.2 Å². The van der Waals surface area contributed by atoms with Crippen LogP contribution in [0.15, 0.2) is 51.7 Å². The topological polar surface area (TPSA) is 124 Å². The predicted molar refractivity (Wildman–Crippen MR) is 174 cm³/mol. The summed E-state index contributed by atoms with van der Waals surface area (Å²) in [6.07, 6.45) is 1.71. The van der Waals surface area contributed by atoms with Gasteiger partial charge < -0.3 is 25.0 Å². The van der Waals surface area contributed by atoms with E-state index in [2.05, 4.69) is 36.4 Å². The molecule has 10 nitrogen and oxygen atoms in total. The zero-order valence-electron chi connectivity index (χ0n) is 26.1. The second-order valence-corrected chi connectivity index (χ2v) is 14.2. The van der Waals surface area contributed by atoms with E-state index < -0.39 is 0 Å². The number of carbonyl (C=O) groups excluding carboxylic acids is 3. The number of methoxy groups -OCH3 is 1. The van der Waals surface area contributed by atoms with Gasteiger partial charge in [-0.1, -0.05) is 56.0 Å². The number of ether oxygens (including phenoxy) is 1. The number of amides is 3. The average Bonchev–Trinajstić information content (AvgIpc) is 3.44. The highest BCUT2D eigenvalue weighted by Gasteiger charge is 2.26. The summed E-state index contributed by atoms with van der Waals surface area (Å²) in [4.78, 5) is 46.8. The van der Waals surface area contributed by atoms with Crippen LogP contribution in [0, 0.1) is 12.3 Å². The van der Waals surface area contributed by atoms with Crippen molar-refractivity contribution in [3.63, 3.8) is 0 Å². The lowest BCUT2D eigenvalue weighted by molar-refractivity contribution is -0.130. The van der Waals surface area contributed by atoms with Gasteiger partial charge in [-0.25, -0.2) is 4.98 Å². The molecule has 0 aliphatic carbocycles. The molecular formula is C32H41N5O5S2. The van der Waals surface area contributed by atoms with Crippen LogP contribution in [0.1, 0.15) is 59.5 Å². The number of piperazine rings is 1. The van der Waals surface area contributed by atoms with Crippen LogP contribution in [0.4, 0.5) is 5.13 Å². The van der Waals surface area contributed by atoms with Crippen LogP contribution in [0.5, 0.6) is 5.75 Å². The normalized spacial score (nSPS) is 14.3. The predicted octanol–water partition coefficient (Wildman–Crippen LogP) is 4.66. The third-order valence-electron chi connectivity index (χ3n) is 7.65. The van der Waals surface area contributed by atoms with E-state index in [0.29, 0.717) is 54.7 Å². The van der Waals surface area contributed by atoms with Gasteiger partial charge in [0.1, 0.15) is 5.75 Å². The highest BCUT2D eigenvalue weighted by Crippen LogP contribution is 2.38. The molecule has 1 saturated heterocycles. The van der Waals surface area contributed by atoms with Gasteiger partial charge in [0.05, 0.1) is 29.7 Å². The maximum absolute atomic E-state index is 13.4. The van der Waals surface area contributed by atoms with Gasteiger partial charge in [-0.15, -0.1) is 0 Å². The highest BCUT2D eigenvalue weighted by molar-refractivity contribution is 8.01. The lowest BCUT2D eigenvalue weighted by atomic mass is 9.87. The van der Waals surface area contributed by atoms with Crippen molar-refractivity contribution in [2.75, 3.05) is 45.2 Å². The lowest BCUT2D eigenvalue weighted by Crippen LogP contribution is -2.50. The van der Waals surface area contributed by atoms with Crippen molar-refractivity contribution in [2.24, 2.45) is 5.41 Å². The van der Waals surface area contributed by atoms with Gasteiger partial charge in [0.2, 0.25) is 5.91 Å². The van der Waals surface area contributed by atoms with Crippen molar-refractivity contribution in [2.45, 2.75) is 56.3 Å². The average molecular weight is 640 g/mol. The van der Waals surface area contributed by atoms with Gasteiger partial charge in [0, 0.05) is 56.1 Å². The molecular weight excluding hydrogens is 599 g/mol. The molecule has 1 aromatic heterocycles. The Morgan fingerprint density at radius 2 is 1.75 bits per heavy atom. The number of aliphatic hydroxyl groups excluding tert-OH is 1. The van der Waals surface area contributed by atoms with E-state index in [1.165, 1.54) is 23.1 Å². The van der Waals surface area contributed by atoms with E-state index in [9.17, 15) is 19.5 Å². The van der Waals surface area contributed by atoms with Gasteiger partial charge in [-0.05, 0) is 47.7 Å². The minimum atomic E-state index is -0.253. The maximum Gasteiger partial charge on any atom is 0.257 e. The summed E-state index contributed by atoms with van der Waals surface area (Å²) in [6, 6.07) is 11.0. The van der Waals surface area contributed by atoms with Crippen molar-refractivity contribution in [1.82, 2.24) is 20.1 Å². The summed E-state index contributed by atoms with van der Waals surface area (Å²) in [5.74, 6) is 0.136. The molecule has 0 radical (unpaired) electrons. The lowest BCUT2D eigenvalue weighted by Gasteiger charge is -2.34. The van der Waals surface area contributed by atoms with Gasteiger partial charge in [-0.3, -0.25) is 19.7 Å². The number of hydrogen-bond acceptors (Lipinski definition) is 9. The maximum atomic E-state index is 13.4. The number of aliphatic hydroxyl groups is 1. The molecule has 0 bridgehead atoms. The molecule has 1 fully saturated rings. The van der Waals surface area contributed by atoms with Crippen molar-refractivity contribution in [3.8, 4) is 5.75 Å². The Labute approximate surface area is 267 Å². The summed E-state index contributed by atoms with van der Waals surface area (Å²) >= 11 is 2.83. The van der Waals surface area contributed by atoms with Crippen LogP contribution >= 0.6 is 23.1 Å². The van der Waals surface area contributed by atoms with Crippen LogP contribution in [0.2, 0.25) is 0 Å². The van der Waals surface area contributed by atoms with Crippen molar-refractivity contribution in [1.29, 1.82) is 0 Å². The molecule has 3 N–H and O–H groups in total. The van der Waals surface area contributed by atoms with E-state index >= 15 is 0 Å². The number of aryl methyl sites for hydroxylation is 1. The number of nitrogens with zero attached hydrogens (tertiary/aromatic N) is 3. The van der Waals surface area contributed by atoms with Crippen LogP contribution in [-0.2, 0) is 11.3 Å². The number of benzene rings is 2. The molecule has 12 heteroatoms. The minimum Gasteiger partial charge on any atom is -0.496 e. The van der Waals surface area contributed by atoms with Crippen molar-refractivity contribution in [3.05, 3.63) is 64.8 Å². The Morgan fingerprint density at radius 3 is 2.34 bits per heavy atom. The zero-order chi connectivity index (χ0) is 32.0. The number of rotatable bonds is 10. The smallest absolute Gasteiger partial charge is 0.257 e. The van der Waals surface area contributed by atoms with Gasteiger partial charge in [0.25, 0.3) is 11.8 Å². The minimum absolute atomic E-state index is 0.0129.